The minimum absolute atomic E-state index is 0.375. The van der Waals surface area contributed by atoms with Crippen molar-refractivity contribution >= 4 is 27.5 Å². The summed E-state index contributed by atoms with van der Waals surface area (Å²) < 4.78 is 29.3. The Balaban J connectivity index is 2.01. The van der Waals surface area contributed by atoms with Crippen LogP contribution >= 0.6 is 11.8 Å². The molecule has 0 radical (unpaired) electrons. The van der Waals surface area contributed by atoms with Gasteiger partial charge in [-0.2, -0.15) is 0 Å². The highest BCUT2D eigenvalue weighted by Gasteiger charge is 2.23. The molecule has 0 bridgehead atoms. The van der Waals surface area contributed by atoms with Gasteiger partial charge in [-0.25, -0.2) is 8.42 Å². The molecule has 0 spiro atoms. The van der Waals surface area contributed by atoms with Crippen LogP contribution in [0.15, 0.2) is 75.4 Å². The SMILES string of the molecule is Cc1cc(C)c(C)c(S(=O)(=O)Nc2ccccc2Sc2ccccc2)c1C. The first-order valence-electron chi connectivity index (χ1n) is 8.72. The molecule has 0 aromatic heterocycles. The Morgan fingerprint density at radius 1 is 0.778 bits per heavy atom. The third-order valence-corrected chi connectivity index (χ3v) is 7.39. The monoisotopic (exact) mass is 397 g/mol. The Labute approximate surface area is 165 Å². The zero-order valence-electron chi connectivity index (χ0n) is 15.9. The molecule has 0 amide bonds. The summed E-state index contributed by atoms with van der Waals surface area (Å²) in [7, 11) is -3.70. The van der Waals surface area contributed by atoms with Gasteiger partial charge in [-0.05, 0) is 74.2 Å². The van der Waals surface area contributed by atoms with E-state index in [0.717, 1.165) is 32.0 Å². The highest BCUT2D eigenvalue weighted by atomic mass is 32.2. The first-order valence-corrected chi connectivity index (χ1v) is 11.0. The van der Waals surface area contributed by atoms with Crippen molar-refractivity contribution in [2.24, 2.45) is 0 Å². The average Bonchev–Trinajstić information content (AvgIpc) is 2.62. The van der Waals surface area contributed by atoms with E-state index in [1.807, 2.05) is 82.3 Å². The van der Waals surface area contributed by atoms with Crippen molar-refractivity contribution in [3.05, 3.63) is 82.9 Å². The maximum Gasteiger partial charge on any atom is 0.262 e. The summed E-state index contributed by atoms with van der Waals surface area (Å²) in [5.74, 6) is 0. The quantitative estimate of drug-likeness (QED) is 0.585. The van der Waals surface area contributed by atoms with Crippen molar-refractivity contribution in [2.45, 2.75) is 42.4 Å². The third-order valence-electron chi connectivity index (χ3n) is 4.67. The summed E-state index contributed by atoms with van der Waals surface area (Å²) >= 11 is 1.54. The zero-order valence-corrected chi connectivity index (χ0v) is 17.5. The van der Waals surface area contributed by atoms with Gasteiger partial charge in [0.15, 0.2) is 0 Å². The summed E-state index contributed by atoms with van der Waals surface area (Å²) in [4.78, 5) is 2.30. The predicted octanol–water partition coefficient (Wildman–Crippen LogP) is 5.87. The molecule has 3 aromatic rings. The lowest BCUT2D eigenvalue weighted by molar-refractivity contribution is 0.599. The van der Waals surface area contributed by atoms with E-state index in [2.05, 4.69) is 4.72 Å². The summed E-state index contributed by atoms with van der Waals surface area (Å²) in [5, 5.41) is 0. The van der Waals surface area contributed by atoms with Crippen molar-refractivity contribution in [3.63, 3.8) is 0 Å². The average molecular weight is 398 g/mol. The molecule has 3 nitrogen and oxygen atoms in total. The normalized spacial score (nSPS) is 11.4. The molecule has 0 aliphatic heterocycles. The van der Waals surface area contributed by atoms with Crippen LogP contribution in [-0.4, -0.2) is 8.42 Å². The molecule has 0 atom stereocenters. The van der Waals surface area contributed by atoms with E-state index in [-0.39, 0.29) is 0 Å². The Morgan fingerprint density at radius 2 is 1.33 bits per heavy atom. The van der Waals surface area contributed by atoms with Gasteiger partial charge in [-0.1, -0.05) is 48.2 Å². The van der Waals surface area contributed by atoms with Crippen LogP contribution in [0.2, 0.25) is 0 Å². The minimum atomic E-state index is -3.70. The molecule has 0 aliphatic rings. The van der Waals surface area contributed by atoms with E-state index in [1.54, 1.807) is 6.07 Å². The van der Waals surface area contributed by atoms with Gasteiger partial charge >= 0.3 is 0 Å². The Morgan fingerprint density at radius 3 is 1.96 bits per heavy atom. The number of sulfonamides is 1. The fourth-order valence-corrected chi connectivity index (χ4v) is 5.72. The van der Waals surface area contributed by atoms with Gasteiger partial charge in [0.1, 0.15) is 0 Å². The summed E-state index contributed by atoms with van der Waals surface area (Å²) in [6.45, 7) is 7.61. The fourth-order valence-electron chi connectivity index (χ4n) is 3.04. The fraction of sp³-hybridized carbons (Fsp3) is 0.182. The van der Waals surface area contributed by atoms with Crippen LogP contribution in [0.1, 0.15) is 22.3 Å². The van der Waals surface area contributed by atoms with Gasteiger partial charge in [-0.3, -0.25) is 4.72 Å². The maximum atomic E-state index is 13.2. The lowest BCUT2D eigenvalue weighted by atomic mass is 10.0. The van der Waals surface area contributed by atoms with Crippen molar-refractivity contribution in [1.82, 2.24) is 0 Å². The van der Waals surface area contributed by atoms with Crippen molar-refractivity contribution in [2.75, 3.05) is 4.72 Å². The van der Waals surface area contributed by atoms with Gasteiger partial charge in [0, 0.05) is 9.79 Å². The third kappa shape index (κ3) is 4.20. The van der Waals surface area contributed by atoms with Crippen molar-refractivity contribution < 1.29 is 8.42 Å². The van der Waals surface area contributed by atoms with Crippen LogP contribution in [0.25, 0.3) is 0 Å². The van der Waals surface area contributed by atoms with Crippen LogP contribution in [0.5, 0.6) is 0 Å². The largest absolute Gasteiger partial charge is 0.278 e. The standard InChI is InChI=1S/C22H23NO2S2/c1-15-14-16(2)18(4)22(17(15)3)27(24,25)23-20-12-8-9-13-21(20)26-19-10-6-5-7-11-19/h5-14,23H,1-4H3. The zero-order chi connectivity index (χ0) is 19.6. The number of anilines is 1. The molecule has 140 valence electrons. The van der Waals surface area contributed by atoms with Gasteiger partial charge in [-0.15, -0.1) is 0 Å². The highest BCUT2D eigenvalue weighted by molar-refractivity contribution is 7.99. The number of hydrogen-bond donors (Lipinski definition) is 1. The number of aryl methyl sites for hydroxylation is 2. The molecule has 1 N–H and O–H groups in total. The molecule has 0 fully saturated rings. The van der Waals surface area contributed by atoms with E-state index in [0.29, 0.717) is 10.6 Å². The van der Waals surface area contributed by atoms with E-state index >= 15 is 0 Å². The second-order valence-corrected chi connectivity index (χ2v) is 9.34. The van der Waals surface area contributed by atoms with Crippen LogP contribution < -0.4 is 4.72 Å². The molecule has 3 rings (SSSR count). The van der Waals surface area contributed by atoms with E-state index < -0.39 is 10.0 Å². The maximum absolute atomic E-state index is 13.2. The molecule has 0 heterocycles. The molecule has 0 unspecified atom stereocenters. The lowest BCUT2D eigenvalue weighted by Gasteiger charge is -2.18. The van der Waals surface area contributed by atoms with Crippen LogP contribution in [-0.2, 0) is 10.0 Å². The highest BCUT2D eigenvalue weighted by Crippen LogP contribution is 2.35. The molecule has 0 saturated carbocycles. The van der Waals surface area contributed by atoms with E-state index in [4.69, 9.17) is 0 Å². The topological polar surface area (TPSA) is 46.2 Å². The summed E-state index contributed by atoms with van der Waals surface area (Å²) in [6, 6.07) is 19.4. The number of benzene rings is 3. The lowest BCUT2D eigenvalue weighted by Crippen LogP contribution is -2.17. The van der Waals surface area contributed by atoms with Gasteiger partial charge < -0.3 is 0 Å². The first kappa shape index (κ1) is 19.5. The molecular formula is C22H23NO2S2. The van der Waals surface area contributed by atoms with Gasteiger partial charge in [0.05, 0.1) is 10.6 Å². The van der Waals surface area contributed by atoms with Crippen LogP contribution in [0.4, 0.5) is 5.69 Å². The smallest absolute Gasteiger partial charge is 0.262 e. The van der Waals surface area contributed by atoms with Crippen molar-refractivity contribution in [1.29, 1.82) is 0 Å². The molecule has 0 saturated heterocycles. The van der Waals surface area contributed by atoms with Crippen LogP contribution in [0.3, 0.4) is 0 Å². The summed E-state index contributed by atoms with van der Waals surface area (Å²) in [6.07, 6.45) is 0. The molecule has 27 heavy (non-hydrogen) atoms. The Bertz CT molecular complexity index is 1050. The minimum Gasteiger partial charge on any atom is -0.278 e. The van der Waals surface area contributed by atoms with Crippen molar-refractivity contribution in [3.8, 4) is 0 Å². The van der Waals surface area contributed by atoms with E-state index in [1.165, 1.54) is 11.8 Å². The molecule has 5 heteroatoms. The van der Waals surface area contributed by atoms with Gasteiger partial charge in [0.25, 0.3) is 10.0 Å². The Kier molecular flexibility index (Phi) is 5.63. The molecule has 3 aromatic carbocycles. The van der Waals surface area contributed by atoms with Crippen LogP contribution in [0, 0.1) is 27.7 Å². The number of rotatable bonds is 5. The molecular weight excluding hydrogens is 374 g/mol. The number of nitrogens with one attached hydrogen (secondary N) is 1. The second kappa shape index (κ2) is 7.79. The number of hydrogen-bond acceptors (Lipinski definition) is 3. The molecule has 0 aliphatic carbocycles. The Hall–Kier alpha value is -2.24. The first-order chi connectivity index (χ1) is 12.8. The predicted molar refractivity (Wildman–Crippen MR) is 113 cm³/mol. The summed E-state index contributed by atoms with van der Waals surface area (Å²) in [5.41, 5.74) is 4.12. The van der Waals surface area contributed by atoms with E-state index in [9.17, 15) is 8.42 Å². The van der Waals surface area contributed by atoms with Gasteiger partial charge in [0.2, 0.25) is 0 Å². The second-order valence-electron chi connectivity index (χ2n) is 6.61. The number of para-hydroxylation sites is 1.